The first-order valence-corrected chi connectivity index (χ1v) is 12.2. The summed E-state index contributed by atoms with van der Waals surface area (Å²) in [7, 11) is -3.41. The number of halogens is 3. The number of rotatable bonds is 5. The highest BCUT2D eigenvalue weighted by Crippen LogP contribution is 2.57. The summed E-state index contributed by atoms with van der Waals surface area (Å²) in [6.45, 7) is 1.98. The zero-order valence-electron chi connectivity index (χ0n) is 18.0. The van der Waals surface area contributed by atoms with Gasteiger partial charge in [-0.25, -0.2) is 0 Å². The smallest absolute Gasteiger partial charge is 0.309 e. The molecular formula is C28H22F3OP. The molecule has 4 rings (SSSR count). The summed E-state index contributed by atoms with van der Waals surface area (Å²) in [6, 6.07) is 30.8. The van der Waals surface area contributed by atoms with Gasteiger partial charge >= 0.3 is 6.18 Å². The molecule has 0 N–H and O–H groups in total. The van der Waals surface area contributed by atoms with Gasteiger partial charge in [0.1, 0.15) is 0 Å². The standard InChI is InChI=1S/C28H22F3OP/c1-21-12-14-22(15-13-21)20-27(23-16-18-24(19-17-23)28(29,30)31)33(32,25-8-4-2-5-9-25)26-10-6-3-7-11-26/h2-20H,1H3/b27-20+. The van der Waals surface area contributed by atoms with Crippen molar-refractivity contribution in [1.82, 2.24) is 0 Å². The first-order valence-electron chi connectivity index (χ1n) is 10.5. The second-order valence-corrected chi connectivity index (χ2v) is 10.5. The molecule has 0 aliphatic carbocycles. The molecule has 0 amide bonds. The molecule has 0 atom stereocenters. The van der Waals surface area contributed by atoms with Crippen molar-refractivity contribution >= 4 is 29.1 Å². The van der Waals surface area contributed by atoms with Crippen LogP contribution >= 0.6 is 7.14 Å². The van der Waals surface area contributed by atoms with Crippen molar-refractivity contribution in [2.45, 2.75) is 13.1 Å². The van der Waals surface area contributed by atoms with Gasteiger partial charge in [-0.1, -0.05) is 103 Å². The van der Waals surface area contributed by atoms with Gasteiger partial charge in [-0.05, 0) is 36.3 Å². The van der Waals surface area contributed by atoms with Crippen LogP contribution in [0.3, 0.4) is 0 Å². The number of aryl methyl sites for hydroxylation is 1. The van der Waals surface area contributed by atoms with Crippen LogP contribution in [0.5, 0.6) is 0 Å². The number of hydrogen-bond donors (Lipinski definition) is 0. The van der Waals surface area contributed by atoms with Crippen molar-refractivity contribution in [1.29, 1.82) is 0 Å². The third kappa shape index (κ3) is 4.86. The van der Waals surface area contributed by atoms with E-state index in [1.165, 1.54) is 12.1 Å². The van der Waals surface area contributed by atoms with Crippen LogP contribution in [0.1, 0.15) is 22.3 Å². The van der Waals surface area contributed by atoms with E-state index in [2.05, 4.69) is 0 Å². The molecule has 0 saturated heterocycles. The fourth-order valence-electron chi connectivity index (χ4n) is 3.71. The molecule has 0 aliphatic heterocycles. The summed E-state index contributed by atoms with van der Waals surface area (Å²) in [4.78, 5) is 0. The monoisotopic (exact) mass is 462 g/mol. The maximum absolute atomic E-state index is 15.0. The predicted octanol–water partition coefficient (Wildman–Crippen LogP) is 7.53. The molecule has 0 unspecified atom stereocenters. The molecule has 0 aromatic heterocycles. The molecule has 0 radical (unpaired) electrons. The van der Waals surface area contributed by atoms with E-state index in [1.54, 1.807) is 24.3 Å². The summed E-state index contributed by atoms with van der Waals surface area (Å²) in [6.07, 6.45) is -2.62. The van der Waals surface area contributed by atoms with Gasteiger partial charge in [0.25, 0.3) is 0 Å². The third-order valence-corrected chi connectivity index (χ3v) is 8.58. The van der Waals surface area contributed by atoms with Crippen LogP contribution in [0.2, 0.25) is 0 Å². The van der Waals surface area contributed by atoms with E-state index in [4.69, 9.17) is 0 Å². The molecule has 0 spiro atoms. The van der Waals surface area contributed by atoms with Crippen LogP contribution in [0.25, 0.3) is 11.4 Å². The van der Waals surface area contributed by atoms with Crippen molar-refractivity contribution in [3.05, 3.63) is 131 Å². The highest BCUT2D eigenvalue weighted by molar-refractivity contribution is 7.87. The molecule has 0 saturated carbocycles. The van der Waals surface area contributed by atoms with Crippen molar-refractivity contribution in [2.24, 2.45) is 0 Å². The highest BCUT2D eigenvalue weighted by atomic mass is 31.2. The first kappa shape index (κ1) is 22.8. The van der Waals surface area contributed by atoms with Gasteiger partial charge in [-0.3, -0.25) is 0 Å². The van der Waals surface area contributed by atoms with Crippen molar-refractivity contribution < 1.29 is 17.7 Å². The normalized spacial score (nSPS) is 12.5. The topological polar surface area (TPSA) is 17.1 Å². The van der Waals surface area contributed by atoms with Gasteiger partial charge in [0.15, 0.2) is 7.14 Å². The Labute approximate surface area is 191 Å². The molecule has 0 fully saturated rings. The lowest BCUT2D eigenvalue weighted by Gasteiger charge is -2.24. The maximum atomic E-state index is 15.0. The Kier molecular flexibility index (Phi) is 6.40. The van der Waals surface area contributed by atoms with Crippen LogP contribution in [-0.4, -0.2) is 0 Å². The van der Waals surface area contributed by atoms with Crippen molar-refractivity contribution in [3.8, 4) is 0 Å². The molecule has 0 bridgehead atoms. The summed E-state index contributed by atoms with van der Waals surface area (Å²) in [5.74, 6) is 0. The average Bonchev–Trinajstić information content (AvgIpc) is 2.84. The summed E-state index contributed by atoms with van der Waals surface area (Å²) in [5, 5.41) is 1.72. The van der Waals surface area contributed by atoms with Crippen LogP contribution in [0.15, 0.2) is 109 Å². The van der Waals surface area contributed by atoms with Crippen LogP contribution in [0.4, 0.5) is 13.2 Å². The van der Waals surface area contributed by atoms with Gasteiger partial charge in [0, 0.05) is 15.9 Å². The van der Waals surface area contributed by atoms with Gasteiger partial charge < -0.3 is 4.57 Å². The molecule has 1 nitrogen and oxygen atoms in total. The van der Waals surface area contributed by atoms with E-state index < -0.39 is 18.9 Å². The molecule has 0 aliphatic rings. The highest BCUT2D eigenvalue weighted by Gasteiger charge is 2.34. The fourth-order valence-corrected chi connectivity index (χ4v) is 6.59. The number of hydrogen-bond acceptors (Lipinski definition) is 1. The molecule has 166 valence electrons. The van der Waals surface area contributed by atoms with Gasteiger partial charge in [-0.2, -0.15) is 13.2 Å². The largest absolute Gasteiger partial charge is 0.416 e. The Bertz CT molecular complexity index is 1250. The van der Waals surface area contributed by atoms with Crippen molar-refractivity contribution in [3.63, 3.8) is 0 Å². The fraction of sp³-hybridized carbons (Fsp3) is 0.0714. The minimum Gasteiger partial charge on any atom is -0.309 e. The number of alkyl halides is 3. The lowest BCUT2D eigenvalue weighted by Crippen LogP contribution is -2.17. The second-order valence-electron chi connectivity index (χ2n) is 7.80. The lowest BCUT2D eigenvalue weighted by molar-refractivity contribution is -0.137. The molecule has 5 heteroatoms. The number of benzene rings is 4. The van der Waals surface area contributed by atoms with E-state index in [0.717, 1.165) is 23.3 Å². The van der Waals surface area contributed by atoms with E-state index in [-0.39, 0.29) is 0 Å². The predicted molar refractivity (Wildman–Crippen MR) is 130 cm³/mol. The minimum absolute atomic E-state index is 0.484. The second kappa shape index (κ2) is 9.25. The van der Waals surface area contributed by atoms with E-state index in [1.807, 2.05) is 73.7 Å². The average molecular weight is 462 g/mol. The first-order chi connectivity index (χ1) is 15.8. The minimum atomic E-state index is -4.44. The van der Waals surface area contributed by atoms with Gasteiger partial charge in [-0.15, -0.1) is 0 Å². The third-order valence-electron chi connectivity index (χ3n) is 5.47. The van der Waals surface area contributed by atoms with E-state index >= 15 is 0 Å². The van der Waals surface area contributed by atoms with Gasteiger partial charge in [0.2, 0.25) is 0 Å². The summed E-state index contributed by atoms with van der Waals surface area (Å²) in [5.41, 5.74) is 1.65. The zero-order chi connectivity index (χ0) is 23.5. The Balaban J connectivity index is 1.99. The molecular weight excluding hydrogens is 440 g/mol. The molecule has 4 aromatic carbocycles. The maximum Gasteiger partial charge on any atom is 0.416 e. The Hall–Kier alpha value is -3.36. The summed E-state index contributed by atoms with van der Waals surface area (Å²) >= 11 is 0. The lowest BCUT2D eigenvalue weighted by atomic mass is 10.1. The van der Waals surface area contributed by atoms with Crippen molar-refractivity contribution in [2.75, 3.05) is 0 Å². The van der Waals surface area contributed by atoms with Gasteiger partial charge in [0.05, 0.1) is 5.56 Å². The van der Waals surface area contributed by atoms with Crippen LogP contribution in [0, 0.1) is 6.92 Å². The Morgan fingerprint density at radius 3 is 1.64 bits per heavy atom. The van der Waals surface area contributed by atoms with E-state index in [9.17, 15) is 17.7 Å². The summed E-state index contributed by atoms with van der Waals surface area (Å²) < 4.78 is 54.6. The van der Waals surface area contributed by atoms with E-state index in [0.29, 0.717) is 21.5 Å². The Morgan fingerprint density at radius 1 is 0.697 bits per heavy atom. The SMILES string of the molecule is Cc1ccc(/C=C(\c2ccc(C(F)(F)F)cc2)P(=O)(c2ccccc2)c2ccccc2)cc1. The zero-order valence-corrected chi connectivity index (χ0v) is 18.9. The quantitative estimate of drug-likeness (QED) is 0.221. The molecule has 0 heterocycles. The molecule has 4 aromatic rings. The van der Waals surface area contributed by atoms with Crippen LogP contribution in [-0.2, 0) is 10.7 Å². The Morgan fingerprint density at radius 2 is 1.18 bits per heavy atom. The molecule has 33 heavy (non-hydrogen) atoms. The van der Waals surface area contributed by atoms with Crippen LogP contribution < -0.4 is 10.6 Å².